The number of thiophene rings is 1. The van der Waals surface area contributed by atoms with E-state index in [-0.39, 0.29) is 18.4 Å². The number of rotatable bonds is 6. The van der Waals surface area contributed by atoms with E-state index in [2.05, 4.69) is 15.6 Å². The lowest BCUT2D eigenvalue weighted by Crippen LogP contribution is -2.20. The molecule has 8 heteroatoms. The summed E-state index contributed by atoms with van der Waals surface area (Å²) in [6.07, 6.45) is 0. The lowest BCUT2D eigenvalue weighted by atomic mass is 10.1. The molecule has 2 aromatic heterocycles. The average molecular weight is 402 g/mol. The predicted octanol–water partition coefficient (Wildman–Crippen LogP) is 4.46. The molecular formula is C19H19N3O3S2. The van der Waals surface area contributed by atoms with Gasteiger partial charge in [0.05, 0.1) is 4.88 Å². The van der Waals surface area contributed by atoms with Crippen LogP contribution >= 0.6 is 22.7 Å². The molecule has 27 heavy (non-hydrogen) atoms. The molecule has 0 saturated heterocycles. The first-order chi connectivity index (χ1) is 12.9. The Morgan fingerprint density at radius 2 is 1.85 bits per heavy atom. The van der Waals surface area contributed by atoms with Crippen molar-refractivity contribution in [3.8, 4) is 16.3 Å². The van der Waals surface area contributed by atoms with Gasteiger partial charge >= 0.3 is 0 Å². The topological polar surface area (TPSA) is 80.3 Å². The molecule has 0 aliphatic rings. The van der Waals surface area contributed by atoms with Crippen molar-refractivity contribution in [2.24, 2.45) is 0 Å². The molecule has 2 N–H and O–H groups in total. The second-order valence-electron chi connectivity index (χ2n) is 5.91. The van der Waals surface area contributed by atoms with Gasteiger partial charge in [-0.3, -0.25) is 14.9 Å². The summed E-state index contributed by atoms with van der Waals surface area (Å²) >= 11 is 2.73. The fourth-order valence-corrected chi connectivity index (χ4v) is 4.25. The number of nitrogens with zero attached hydrogens (tertiary/aromatic N) is 1. The highest BCUT2D eigenvalue weighted by atomic mass is 32.1. The summed E-state index contributed by atoms with van der Waals surface area (Å²) < 4.78 is 5.67. The third kappa shape index (κ3) is 4.72. The van der Waals surface area contributed by atoms with Crippen LogP contribution in [0.4, 0.5) is 10.1 Å². The van der Waals surface area contributed by atoms with E-state index in [1.54, 1.807) is 0 Å². The molecule has 3 aromatic rings. The molecule has 0 unspecified atom stereocenters. The molecular weight excluding hydrogens is 382 g/mol. The number of amides is 2. The molecule has 3 rings (SSSR count). The molecule has 0 saturated carbocycles. The molecule has 140 valence electrons. The fraction of sp³-hybridized carbons (Fsp3) is 0.211. The first kappa shape index (κ1) is 19.1. The Hall–Kier alpha value is -2.71. The van der Waals surface area contributed by atoms with E-state index >= 15 is 0 Å². The standard InChI is InChI=1S/C19H19N3O3S2/c1-11-6-4-7-12(2)17(11)25-10-15(24)21-19-22-16(14-8-5-9-26-14)18(27-19)20-13(3)23/h4-9H,10H2,1-3H3,(H,20,23)(H,21,22,24). The van der Waals surface area contributed by atoms with E-state index < -0.39 is 0 Å². The molecule has 0 radical (unpaired) electrons. The number of aryl methyl sites for hydroxylation is 2. The Labute approximate surface area is 165 Å². The highest BCUT2D eigenvalue weighted by Gasteiger charge is 2.17. The number of aromatic nitrogens is 1. The normalized spacial score (nSPS) is 10.5. The summed E-state index contributed by atoms with van der Waals surface area (Å²) in [4.78, 5) is 29.1. The van der Waals surface area contributed by atoms with E-state index in [1.165, 1.54) is 29.6 Å². The highest BCUT2D eigenvalue weighted by molar-refractivity contribution is 7.21. The Morgan fingerprint density at radius 3 is 2.48 bits per heavy atom. The second kappa shape index (κ2) is 8.32. The lowest BCUT2D eigenvalue weighted by Gasteiger charge is -2.11. The Bertz CT molecular complexity index is 944. The van der Waals surface area contributed by atoms with Crippen molar-refractivity contribution in [1.82, 2.24) is 4.98 Å². The summed E-state index contributed by atoms with van der Waals surface area (Å²) in [6, 6.07) is 9.65. The number of nitrogens with one attached hydrogen (secondary N) is 2. The number of carbonyl (C=O) groups is 2. The molecule has 0 bridgehead atoms. The van der Waals surface area contributed by atoms with E-state index in [4.69, 9.17) is 4.74 Å². The van der Waals surface area contributed by atoms with Crippen LogP contribution in [0.15, 0.2) is 35.7 Å². The van der Waals surface area contributed by atoms with Gasteiger partial charge in [-0.2, -0.15) is 0 Å². The monoisotopic (exact) mass is 401 g/mol. The first-order valence-electron chi connectivity index (χ1n) is 8.25. The van der Waals surface area contributed by atoms with Crippen molar-refractivity contribution in [2.75, 3.05) is 17.2 Å². The number of benzene rings is 1. The van der Waals surface area contributed by atoms with Crippen LogP contribution in [0.2, 0.25) is 0 Å². The number of hydrogen-bond acceptors (Lipinski definition) is 6. The van der Waals surface area contributed by atoms with Gasteiger partial charge in [0.1, 0.15) is 16.4 Å². The Balaban J connectivity index is 1.71. The smallest absolute Gasteiger partial charge is 0.264 e. The molecule has 0 spiro atoms. The molecule has 0 aliphatic heterocycles. The van der Waals surface area contributed by atoms with Crippen molar-refractivity contribution in [3.63, 3.8) is 0 Å². The van der Waals surface area contributed by atoms with Crippen LogP contribution in [0.25, 0.3) is 10.6 Å². The largest absolute Gasteiger partial charge is 0.483 e. The van der Waals surface area contributed by atoms with Crippen LogP contribution in [-0.4, -0.2) is 23.4 Å². The van der Waals surface area contributed by atoms with Crippen LogP contribution in [0.3, 0.4) is 0 Å². The number of thiazole rings is 1. The highest BCUT2D eigenvalue weighted by Crippen LogP contribution is 2.37. The number of para-hydroxylation sites is 1. The summed E-state index contributed by atoms with van der Waals surface area (Å²) in [5.74, 6) is 0.219. The van der Waals surface area contributed by atoms with Gasteiger partial charge in [0.2, 0.25) is 5.91 Å². The zero-order chi connectivity index (χ0) is 19.4. The minimum atomic E-state index is -0.307. The van der Waals surface area contributed by atoms with Crippen LogP contribution in [0.5, 0.6) is 5.75 Å². The van der Waals surface area contributed by atoms with E-state index in [1.807, 2.05) is 49.6 Å². The quantitative estimate of drug-likeness (QED) is 0.639. The molecule has 6 nitrogen and oxygen atoms in total. The third-order valence-electron chi connectivity index (χ3n) is 3.67. The Kier molecular flexibility index (Phi) is 5.88. The summed E-state index contributed by atoms with van der Waals surface area (Å²) in [7, 11) is 0. The number of anilines is 2. The van der Waals surface area contributed by atoms with Crippen LogP contribution < -0.4 is 15.4 Å². The van der Waals surface area contributed by atoms with E-state index in [9.17, 15) is 9.59 Å². The summed E-state index contributed by atoms with van der Waals surface area (Å²) in [5, 5.41) is 8.47. The molecule has 1 aromatic carbocycles. The summed E-state index contributed by atoms with van der Waals surface area (Å²) in [6.45, 7) is 5.20. The van der Waals surface area contributed by atoms with Gasteiger partial charge in [-0.1, -0.05) is 35.6 Å². The van der Waals surface area contributed by atoms with Crippen molar-refractivity contribution in [3.05, 3.63) is 46.8 Å². The van der Waals surface area contributed by atoms with Crippen molar-refractivity contribution in [2.45, 2.75) is 20.8 Å². The van der Waals surface area contributed by atoms with Crippen molar-refractivity contribution < 1.29 is 14.3 Å². The fourth-order valence-electron chi connectivity index (χ4n) is 2.52. The molecule has 0 fully saturated rings. The lowest BCUT2D eigenvalue weighted by molar-refractivity contribution is -0.118. The van der Waals surface area contributed by atoms with E-state index in [0.29, 0.717) is 21.6 Å². The maximum atomic E-state index is 12.3. The van der Waals surface area contributed by atoms with E-state index in [0.717, 1.165) is 16.0 Å². The first-order valence-corrected chi connectivity index (χ1v) is 9.95. The van der Waals surface area contributed by atoms with Gasteiger partial charge < -0.3 is 10.1 Å². The maximum absolute atomic E-state index is 12.3. The van der Waals surface area contributed by atoms with Gasteiger partial charge in [0.15, 0.2) is 11.7 Å². The third-order valence-corrected chi connectivity index (χ3v) is 5.44. The predicted molar refractivity (Wildman–Crippen MR) is 110 cm³/mol. The zero-order valence-electron chi connectivity index (χ0n) is 15.2. The van der Waals surface area contributed by atoms with Crippen LogP contribution in [0.1, 0.15) is 18.1 Å². The SMILES string of the molecule is CC(=O)Nc1sc(NC(=O)COc2c(C)cccc2C)nc1-c1cccs1. The minimum absolute atomic E-state index is 0.116. The molecule has 2 heterocycles. The second-order valence-corrected chi connectivity index (χ2v) is 7.86. The number of ether oxygens (including phenoxy) is 1. The number of hydrogen-bond donors (Lipinski definition) is 2. The summed E-state index contributed by atoms with van der Waals surface area (Å²) in [5.41, 5.74) is 2.60. The van der Waals surface area contributed by atoms with Gasteiger partial charge in [0, 0.05) is 6.92 Å². The van der Waals surface area contributed by atoms with Crippen LogP contribution in [-0.2, 0) is 9.59 Å². The molecule has 0 atom stereocenters. The number of carbonyl (C=O) groups excluding carboxylic acids is 2. The van der Waals surface area contributed by atoms with Gasteiger partial charge in [-0.25, -0.2) is 4.98 Å². The van der Waals surface area contributed by atoms with Gasteiger partial charge in [0.25, 0.3) is 5.91 Å². The van der Waals surface area contributed by atoms with Crippen LogP contribution in [0, 0.1) is 13.8 Å². The van der Waals surface area contributed by atoms with Crippen molar-refractivity contribution >= 4 is 44.6 Å². The van der Waals surface area contributed by atoms with Crippen molar-refractivity contribution in [1.29, 1.82) is 0 Å². The minimum Gasteiger partial charge on any atom is -0.483 e. The van der Waals surface area contributed by atoms with Gasteiger partial charge in [-0.05, 0) is 36.4 Å². The zero-order valence-corrected chi connectivity index (χ0v) is 16.8. The average Bonchev–Trinajstić information content (AvgIpc) is 3.23. The van der Waals surface area contributed by atoms with Gasteiger partial charge in [-0.15, -0.1) is 11.3 Å². The maximum Gasteiger partial charge on any atom is 0.264 e. The Morgan fingerprint density at radius 1 is 1.11 bits per heavy atom. The molecule has 2 amide bonds. The molecule has 0 aliphatic carbocycles.